The van der Waals surface area contributed by atoms with E-state index >= 15 is 0 Å². The van der Waals surface area contributed by atoms with Gasteiger partial charge in [-0.25, -0.2) is 4.79 Å². The maximum atomic E-state index is 11.3. The molecule has 0 atom stereocenters. The molecule has 0 aliphatic heterocycles. The summed E-state index contributed by atoms with van der Waals surface area (Å²) in [5, 5.41) is 12.3. The number of anilines is 1. The molecule has 0 bridgehead atoms. The predicted octanol–water partition coefficient (Wildman–Crippen LogP) is 2.19. The second-order valence-electron chi connectivity index (χ2n) is 3.93. The monoisotopic (exact) mass is 258 g/mol. The van der Waals surface area contributed by atoms with E-state index in [0.29, 0.717) is 12.1 Å². The first-order valence-corrected chi connectivity index (χ1v) is 5.75. The Hall–Kier alpha value is -2.56. The number of aromatic hydroxyl groups is 1. The fourth-order valence-corrected chi connectivity index (χ4v) is 1.56. The molecule has 0 fully saturated rings. The van der Waals surface area contributed by atoms with Crippen LogP contribution in [0.5, 0.6) is 5.75 Å². The van der Waals surface area contributed by atoms with Crippen LogP contribution in [0.4, 0.5) is 5.69 Å². The fourth-order valence-electron chi connectivity index (χ4n) is 1.56. The number of benzene rings is 1. The second kappa shape index (κ2) is 5.86. The van der Waals surface area contributed by atoms with Gasteiger partial charge in [0.05, 0.1) is 31.1 Å². The number of hydrogen-bond acceptors (Lipinski definition) is 5. The largest absolute Gasteiger partial charge is 0.506 e. The van der Waals surface area contributed by atoms with Crippen LogP contribution in [0.3, 0.4) is 0 Å². The Balaban J connectivity index is 1.96. The number of rotatable bonds is 4. The summed E-state index contributed by atoms with van der Waals surface area (Å²) in [6, 6.07) is 10.3. The third-order valence-corrected chi connectivity index (χ3v) is 2.59. The number of carbonyl (C=O) groups excluding carboxylic acids is 1. The molecule has 2 rings (SSSR count). The molecule has 19 heavy (non-hydrogen) atoms. The zero-order valence-electron chi connectivity index (χ0n) is 10.5. The van der Waals surface area contributed by atoms with Gasteiger partial charge in [-0.1, -0.05) is 0 Å². The van der Waals surface area contributed by atoms with Gasteiger partial charge in [0.15, 0.2) is 0 Å². The van der Waals surface area contributed by atoms with Crippen LogP contribution in [-0.4, -0.2) is 23.2 Å². The number of hydrogen-bond donors (Lipinski definition) is 2. The van der Waals surface area contributed by atoms with Gasteiger partial charge < -0.3 is 15.2 Å². The molecule has 0 spiro atoms. The Kier molecular flexibility index (Phi) is 3.97. The SMILES string of the molecule is COC(=O)c1ccc(NCc2ccc(O)cn2)cc1. The van der Waals surface area contributed by atoms with Gasteiger partial charge in [-0.2, -0.15) is 0 Å². The summed E-state index contributed by atoms with van der Waals surface area (Å²) >= 11 is 0. The molecule has 0 saturated carbocycles. The third kappa shape index (κ3) is 3.45. The van der Waals surface area contributed by atoms with Crippen molar-refractivity contribution in [2.45, 2.75) is 6.54 Å². The molecule has 2 aromatic rings. The van der Waals surface area contributed by atoms with E-state index in [1.54, 1.807) is 36.4 Å². The quantitative estimate of drug-likeness (QED) is 0.822. The van der Waals surface area contributed by atoms with Crippen molar-refractivity contribution in [2.75, 3.05) is 12.4 Å². The highest BCUT2D eigenvalue weighted by Crippen LogP contribution is 2.12. The van der Waals surface area contributed by atoms with Gasteiger partial charge in [-0.05, 0) is 36.4 Å². The Morgan fingerprint density at radius 1 is 1.26 bits per heavy atom. The van der Waals surface area contributed by atoms with Crippen molar-refractivity contribution in [2.24, 2.45) is 0 Å². The van der Waals surface area contributed by atoms with Gasteiger partial charge >= 0.3 is 5.97 Å². The summed E-state index contributed by atoms with van der Waals surface area (Å²) in [5.41, 5.74) is 2.20. The molecule has 1 heterocycles. The molecule has 0 unspecified atom stereocenters. The number of esters is 1. The molecule has 98 valence electrons. The lowest BCUT2D eigenvalue weighted by Gasteiger charge is -2.06. The average Bonchev–Trinajstić information content (AvgIpc) is 2.46. The Morgan fingerprint density at radius 2 is 2.00 bits per heavy atom. The normalized spacial score (nSPS) is 9.95. The fraction of sp³-hybridized carbons (Fsp3) is 0.143. The minimum Gasteiger partial charge on any atom is -0.506 e. The smallest absolute Gasteiger partial charge is 0.337 e. The zero-order valence-corrected chi connectivity index (χ0v) is 10.5. The number of methoxy groups -OCH3 is 1. The highest BCUT2D eigenvalue weighted by Gasteiger charge is 2.04. The van der Waals surface area contributed by atoms with E-state index in [1.807, 2.05) is 0 Å². The lowest BCUT2D eigenvalue weighted by atomic mass is 10.2. The molecule has 5 nitrogen and oxygen atoms in total. The first kappa shape index (κ1) is 12.9. The van der Waals surface area contributed by atoms with Crippen molar-refractivity contribution in [3.05, 3.63) is 53.9 Å². The topological polar surface area (TPSA) is 71.5 Å². The molecule has 0 aliphatic carbocycles. The van der Waals surface area contributed by atoms with Gasteiger partial charge in [0.1, 0.15) is 5.75 Å². The average molecular weight is 258 g/mol. The summed E-state index contributed by atoms with van der Waals surface area (Å²) in [6.45, 7) is 0.540. The molecule has 5 heteroatoms. The molecule has 1 aromatic heterocycles. The highest BCUT2D eigenvalue weighted by molar-refractivity contribution is 5.89. The number of ether oxygens (including phenoxy) is 1. The van der Waals surface area contributed by atoms with Crippen molar-refractivity contribution in [3.8, 4) is 5.75 Å². The summed E-state index contributed by atoms with van der Waals surface area (Å²) in [7, 11) is 1.35. The third-order valence-electron chi connectivity index (χ3n) is 2.59. The number of nitrogens with one attached hydrogen (secondary N) is 1. The van der Waals surface area contributed by atoms with Crippen LogP contribution in [0.25, 0.3) is 0 Å². The Bertz CT molecular complexity index is 550. The van der Waals surface area contributed by atoms with E-state index in [-0.39, 0.29) is 11.7 Å². The maximum Gasteiger partial charge on any atom is 0.337 e. The van der Waals surface area contributed by atoms with Gasteiger partial charge in [0, 0.05) is 5.69 Å². The first-order valence-electron chi connectivity index (χ1n) is 5.75. The molecule has 0 saturated heterocycles. The van der Waals surface area contributed by atoms with Gasteiger partial charge in [-0.15, -0.1) is 0 Å². The lowest BCUT2D eigenvalue weighted by molar-refractivity contribution is 0.0601. The van der Waals surface area contributed by atoms with Crippen molar-refractivity contribution in [3.63, 3.8) is 0 Å². The van der Waals surface area contributed by atoms with E-state index in [4.69, 9.17) is 5.11 Å². The van der Waals surface area contributed by atoms with Gasteiger partial charge in [0.25, 0.3) is 0 Å². The first-order chi connectivity index (χ1) is 9.19. The van der Waals surface area contributed by atoms with Crippen LogP contribution in [0, 0.1) is 0 Å². The van der Waals surface area contributed by atoms with Crippen LogP contribution >= 0.6 is 0 Å². The molecular formula is C14H14N2O3. The van der Waals surface area contributed by atoms with Crippen molar-refractivity contribution >= 4 is 11.7 Å². The van der Waals surface area contributed by atoms with Gasteiger partial charge in [0.2, 0.25) is 0 Å². The number of pyridine rings is 1. The Morgan fingerprint density at radius 3 is 2.58 bits per heavy atom. The summed E-state index contributed by atoms with van der Waals surface area (Å²) < 4.78 is 4.62. The van der Waals surface area contributed by atoms with E-state index in [1.165, 1.54) is 13.3 Å². The standard InChI is InChI=1S/C14H14N2O3/c1-19-14(18)10-2-4-11(5-3-10)15-8-12-6-7-13(17)9-16-12/h2-7,9,15,17H,8H2,1H3. The van der Waals surface area contributed by atoms with Crippen LogP contribution in [-0.2, 0) is 11.3 Å². The predicted molar refractivity (Wildman–Crippen MR) is 71.0 cm³/mol. The molecule has 2 N–H and O–H groups in total. The van der Waals surface area contributed by atoms with Crippen LogP contribution in [0.1, 0.15) is 16.1 Å². The number of carbonyl (C=O) groups is 1. The number of nitrogens with zero attached hydrogens (tertiary/aromatic N) is 1. The zero-order chi connectivity index (χ0) is 13.7. The van der Waals surface area contributed by atoms with Crippen LogP contribution in [0.15, 0.2) is 42.6 Å². The molecule has 1 aromatic carbocycles. The van der Waals surface area contributed by atoms with E-state index < -0.39 is 0 Å². The summed E-state index contributed by atoms with van der Waals surface area (Å²) in [4.78, 5) is 15.3. The second-order valence-corrected chi connectivity index (χ2v) is 3.93. The maximum absolute atomic E-state index is 11.3. The van der Waals surface area contributed by atoms with Crippen molar-refractivity contribution in [1.82, 2.24) is 4.98 Å². The van der Waals surface area contributed by atoms with E-state index in [9.17, 15) is 4.79 Å². The number of aromatic nitrogens is 1. The van der Waals surface area contributed by atoms with Crippen LogP contribution in [0.2, 0.25) is 0 Å². The molecule has 0 amide bonds. The van der Waals surface area contributed by atoms with Crippen LogP contribution < -0.4 is 5.32 Å². The summed E-state index contributed by atoms with van der Waals surface area (Å²) in [6.07, 6.45) is 1.40. The minimum atomic E-state index is -0.355. The highest BCUT2D eigenvalue weighted by atomic mass is 16.5. The lowest BCUT2D eigenvalue weighted by Crippen LogP contribution is -2.03. The van der Waals surface area contributed by atoms with Gasteiger partial charge in [-0.3, -0.25) is 4.98 Å². The minimum absolute atomic E-state index is 0.145. The molecule has 0 radical (unpaired) electrons. The van der Waals surface area contributed by atoms with Crippen molar-refractivity contribution < 1.29 is 14.6 Å². The van der Waals surface area contributed by atoms with E-state index in [0.717, 1.165) is 11.4 Å². The van der Waals surface area contributed by atoms with Crippen molar-refractivity contribution in [1.29, 1.82) is 0 Å². The molecular weight excluding hydrogens is 244 g/mol. The Labute approximate surface area is 110 Å². The molecule has 0 aliphatic rings. The summed E-state index contributed by atoms with van der Waals surface area (Å²) in [5.74, 6) is -0.210. The van der Waals surface area contributed by atoms with E-state index in [2.05, 4.69) is 15.0 Å².